The molecule has 0 atom stereocenters. The van der Waals surface area contributed by atoms with Gasteiger partial charge < -0.3 is 15.9 Å². The molecule has 4 heteroatoms. The minimum atomic E-state index is -0.0630. The molecular formula is C7H8ClNO2. The largest absolute Gasteiger partial charge is 0.508 e. The minimum Gasteiger partial charge on any atom is -0.508 e. The van der Waals surface area contributed by atoms with Crippen molar-refractivity contribution in [2.45, 2.75) is 6.54 Å². The van der Waals surface area contributed by atoms with Crippen LogP contribution in [0.15, 0.2) is 12.1 Å². The lowest BCUT2D eigenvalue weighted by Gasteiger charge is -2.03. The molecule has 0 aliphatic carbocycles. The fraction of sp³-hybridized carbons (Fsp3) is 0.143. The van der Waals surface area contributed by atoms with Crippen LogP contribution in [0.5, 0.6) is 11.5 Å². The molecule has 0 aliphatic rings. The summed E-state index contributed by atoms with van der Waals surface area (Å²) < 4.78 is 0. The lowest BCUT2D eigenvalue weighted by atomic mass is 10.2. The molecule has 0 heterocycles. The summed E-state index contributed by atoms with van der Waals surface area (Å²) in [5, 5.41) is 18.3. The topological polar surface area (TPSA) is 66.5 Å². The van der Waals surface area contributed by atoms with E-state index in [0.29, 0.717) is 5.56 Å². The Balaban J connectivity index is 3.24. The highest BCUT2D eigenvalue weighted by molar-refractivity contribution is 6.32. The maximum absolute atomic E-state index is 9.20. The van der Waals surface area contributed by atoms with E-state index in [1.807, 2.05) is 0 Å². The van der Waals surface area contributed by atoms with Crippen LogP contribution in [0.4, 0.5) is 0 Å². The van der Waals surface area contributed by atoms with E-state index in [1.54, 1.807) is 0 Å². The first-order chi connectivity index (χ1) is 5.15. The van der Waals surface area contributed by atoms with Gasteiger partial charge in [0.25, 0.3) is 0 Å². The maximum Gasteiger partial charge on any atom is 0.138 e. The number of nitrogens with two attached hydrogens (primary N) is 1. The number of phenols is 2. The Hall–Kier alpha value is -0.930. The van der Waals surface area contributed by atoms with Crippen molar-refractivity contribution in [1.82, 2.24) is 0 Å². The van der Waals surface area contributed by atoms with Crippen LogP contribution in [-0.4, -0.2) is 10.2 Å². The smallest absolute Gasteiger partial charge is 0.138 e. The maximum atomic E-state index is 9.20. The second-order valence-electron chi connectivity index (χ2n) is 2.14. The molecule has 0 radical (unpaired) electrons. The lowest BCUT2D eigenvalue weighted by molar-refractivity contribution is 0.454. The Bertz CT molecular complexity index is 275. The van der Waals surface area contributed by atoms with Gasteiger partial charge in [0.15, 0.2) is 0 Å². The highest BCUT2D eigenvalue weighted by Crippen LogP contribution is 2.31. The average Bonchev–Trinajstić information content (AvgIpc) is 1.96. The van der Waals surface area contributed by atoms with E-state index in [1.165, 1.54) is 12.1 Å². The zero-order valence-corrected chi connectivity index (χ0v) is 6.47. The third-order valence-corrected chi connectivity index (χ3v) is 1.64. The summed E-state index contributed by atoms with van der Waals surface area (Å²) >= 11 is 5.53. The van der Waals surface area contributed by atoms with Crippen LogP contribution in [0.2, 0.25) is 5.02 Å². The Kier molecular flexibility index (Phi) is 2.22. The van der Waals surface area contributed by atoms with Crippen LogP contribution < -0.4 is 5.73 Å². The quantitative estimate of drug-likeness (QED) is 0.560. The van der Waals surface area contributed by atoms with Gasteiger partial charge in [-0.3, -0.25) is 0 Å². The van der Waals surface area contributed by atoms with Crippen LogP contribution in [0, 0.1) is 0 Å². The number of benzene rings is 1. The van der Waals surface area contributed by atoms with E-state index in [4.69, 9.17) is 22.4 Å². The number of rotatable bonds is 1. The zero-order chi connectivity index (χ0) is 8.43. The molecule has 1 aromatic rings. The Morgan fingerprint density at radius 3 is 2.55 bits per heavy atom. The highest BCUT2D eigenvalue weighted by Gasteiger charge is 2.05. The van der Waals surface area contributed by atoms with Crippen LogP contribution >= 0.6 is 11.6 Å². The van der Waals surface area contributed by atoms with Crippen molar-refractivity contribution in [3.8, 4) is 11.5 Å². The molecule has 0 aliphatic heterocycles. The summed E-state index contributed by atoms with van der Waals surface area (Å²) in [6.45, 7) is 0.153. The van der Waals surface area contributed by atoms with Crippen molar-refractivity contribution in [3.05, 3.63) is 22.7 Å². The molecule has 0 unspecified atom stereocenters. The third-order valence-electron chi connectivity index (χ3n) is 1.35. The van der Waals surface area contributed by atoms with Gasteiger partial charge in [0, 0.05) is 18.2 Å². The van der Waals surface area contributed by atoms with Crippen molar-refractivity contribution in [2.75, 3.05) is 0 Å². The van der Waals surface area contributed by atoms with Crippen LogP contribution in [-0.2, 0) is 6.54 Å². The predicted molar refractivity (Wildman–Crippen MR) is 42.7 cm³/mol. The molecule has 0 spiro atoms. The number of hydrogen-bond acceptors (Lipinski definition) is 3. The standard InChI is InChI=1S/C7H8ClNO2/c8-6-2-5(10)1-4(3-9)7(6)11/h1-2,10-11H,3,9H2. The number of halogens is 1. The Labute approximate surface area is 69.0 Å². The first-order valence-corrected chi connectivity index (χ1v) is 3.43. The van der Waals surface area contributed by atoms with E-state index in [-0.39, 0.29) is 23.1 Å². The van der Waals surface area contributed by atoms with Gasteiger partial charge in [-0.05, 0) is 6.07 Å². The molecule has 1 rings (SSSR count). The van der Waals surface area contributed by atoms with Gasteiger partial charge >= 0.3 is 0 Å². The zero-order valence-electron chi connectivity index (χ0n) is 5.71. The summed E-state index contributed by atoms with van der Waals surface area (Å²) in [6, 6.07) is 2.64. The fourth-order valence-electron chi connectivity index (χ4n) is 0.796. The molecule has 0 bridgehead atoms. The van der Waals surface area contributed by atoms with E-state index in [0.717, 1.165) is 0 Å². The third kappa shape index (κ3) is 1.56. The summed E-state index contributed by atoms with van der Waals surface area (Å²) in [6.07, 6.45) is 0. The van der Waals surface area contributed by atoms with E-state index >= 15 is 0 Å². The van der Waals surface area contributed by atoms with Crippen LogP contribution in [0.3, 0.4) is 0 Å². The predicted octanol–water partition coefficient (Wildman–Crippen LogP) is 1.21. The van der Waals surface area contributed by atoms with Crippen molar-refractivity contribution < 1.29 is 10.2 Å². The van der Waals surface area contributed by atoms with E-state index in [2.05, 4.69) is 0 Å². The van der Waals surface area contributed by atoms with Crippen LogP contribution in [0.25, 0.3) is 0 Å². The molecular weight excluding hydrogens is 166 g/mol. The van der Waals surface area contributed by atoms with Crippen molar-refractivity contribution in [3.63, 3.8) is 0 Å². The summed E-state index contributed by atoms with van der Waals surface area (Å²) in [4.78, 5) is 0. The molecule has 3 nitrogen and oxygen atoms in total. The second-order valence-corrected chi connectivity index (χ2v) is 2.55. The fourth-order valence-corrected chi connectivity index (χ4v) is 1.03. The van der Waals surface area contributed by atoms with Crippen LogP contribution in [0.1, 0.15) is 5.56 Å². The van der Waals surface area contributed by atoms with Gasteiger partial charge in [-0.2, -0.15) is 0 Å². The van der Waals surface area contributed by atoms with Crippen molar-refractivity contribution in [1.29, 1.82) is 0 Å². The van der Waals surface area contributed by atoms with Gasteiger partial charge in [-0.15, -0.1) is 0 Å². The highest BCUT2D eigenvalue weighted by atomic mass is 35.5. The Morgan fingerprint density at radius 2 is 2.00 bits per heavy atom. The van der Waals surface area contributed by atoms with E-state index < -0.39 is 0 Å². The molecule has 0 fully saturated rings. The summed E-state index contributed by atoms with van der Waals surface area (Å²) in [5.41, 5.74) is 5.70. The normalized spacial score (nSPS) is 10.0. The molecule has 60 valence electrons. The van der Waals surface area contributed by atoms with Gasteiger partial charge in [0.2, 0.25) is 0 Å². The Morgan fingerprint density at radius 1 is 1.36 bits per heavy atom. The SMILES string of the molecule is NCc1cc(O)cc(Cl)c1O. The lowest BCUT2D eigenvalue weighted by Crippen LogP contribution is -1.96. The summed E-state index contributed by atoms with van der Waals surface area (Å²) in [7, 11) is 0. The van der Waals surface area contributed by atoms with Crippen molar-refractivity contribution in [2.24, 2.45) is 5.73 Å². The molecule has 0 amide bonds. The average molecular weight is 174 g/mol. The second kappa shape index (κ2) is 2.98. The first kappa shape index (κ1) is 8.17. The number of phenolic OH excluding ortho intramolecular Hbond substituents is 2. The van der Waals surface area contributed by atoms with Gasteiger partial charge in [-0.1, -0.05) is 11.6 Å². The summed E-state index contributed by atoms with van der Waals surface area (Å²) in [5.74, 6) is -0.0554. The minimum absolute atomic E-state index is 0.00764. The molecule has 0 saturated carbocycles. The molecule has 1 aromatic carbocycles. The molecule has 11 heavy (non-hydrogen) atoms. The molecule has 0 aromatic heterocycles. The molecule has 4 N–H and O–H groups in total. The van der Waals surface area contributed by atoms with E-state index in [9.17, 15) is 5.11 Å². The van der Waals surface area contributed by atoms with Gasteiger partial charge in [0.1, 0.15) is 11.5 Å². The molecule has 0 saturated heterocycles. The number of hydrogen-bond donors (Lipinski definition) is 3. The van der Waals surface area contributed by atoms with Crippen molar-refractivity contribution >= 4 is 11.6 Å². The first-order valence-electron chi connectivity index (χ1n) is 3.05. The van der Waals surface area contributed by atoms with Gasteiger partial charge in [-0.25, -0.2) is 0 Å². The monoisotopic (exact) mass is 173 g/mol. The number of aromatic hydroxyl groups is 2. The van der Waals surface area contributed by atoms with Gasteiger partial charge in [0.05, 0.1) is 5.02 Å².